The van der Waals surface area contributed by atoms with Gasteiger partial charge in [0.1, 0.15) is 10.8 Å². The van der Waals surface area contributed by atoms with Crippen LogP contribution in [0.1, 0.15) is 17.0 Å². The van der Waals surface area contributed by atoms with Gasteiger partial charge in [-0.3, -0.25) is 10.1 Å². The lowest BCUT2D eigenvalue weighted by atomic mass is 10.2. The molecule has 1 amide bonds. The van der Waals surface area contributed by atoms with Crippen molar-refractivity contribution in [1.29, 1.82) is 0 Å². The third-order valence-electron chi connectivity index (χ3n) is 3.54. The average Bonchev–Trinajstić information content (AvgIpc) is 3.13. The molecule has 3 rings (SSSR count). The van der Waals surface area contributed by atoms with Crippen LogP contribution in [0, 0.1) is 0 Å². The standard InChI is InChI=1S/C20H18ClN3O2S/c21-16-11-8-15(9-12-16)10-13-18(25)22-20-24-23-19(27-20)7-4-14-26-17-5-2-1-3-6-17/h1-3,5-6,8-13H,4,7,14H2,(H,22,24,25)/b13-10+. The number of para-hydroxylation sites is 1. The molecule has 0 fully saturated rings. The van der Waals surface area contributed by atoms with Crippen molar-refractivity contribution in [3.8, 4) is 5.75 Å². The van der Waals surface area contributed by atoms with E-state index in [1.165, 1.54) is 17.4 Å². The molecule has 0 aliphatic carbocycles. The fourth-order valence-electron chi connectivity index (χ4n) is 2.23. The molecule has 138 valence electrons. The predicted molar refractivity (Wildman–Crippen MR) is 109 cm³/mol. The summed E-state index contributed by atoms with van der Waals surface area (Å²) in [6.07, 6.45) is 4.75. The first-order valence-corrected chi connectivity index (χ1v) is 9.63. The zero-order valence-corrected chi connectivity index (χ0v) is 16.0. The summed E-state index contributed by atoms with van der Waals surface area (Å²) in [4.78, 5) is 12.0. The van der Waals surface area contributed by atoms with E-state index in [1.807, 2.05) is 42.5 Å². The molecule has 0 atom stereocenters. The first-order chi connectivity index (χ1) is 13.2. The molecule has 27 heavy (non-hydrogen) atoms. The van der Waals surface area contributed by atoms with Crippen LogP contribution >= 0.6 is 22.9 Å². The van der Waals surface area contributed by atoms with Gasteiger partial charge in [-0.05, 0) is 42.3 Å². The third-order valence-corrected chi connectivity index (χ3v) is 4.69. The van der Waals surface area contributed by atoms with Crippen molar-refractivity contribution in [2.75, 3.05) is 11.9 Å². The van der Waals surface area contributed by atoms with Crippen LogP contribution in [-0.2, 0) is 11.2 Å². The number of ether oxygens (including phenoxy) is 1. The number of aryl methyl sites for hydroxylation is 1. The van der Waals surface area contributed by atoms with Gasteiger partial charge in [0.05, 0.1) is 6.61 Å². The Balaban J connectivity index is 1.42. The van der Waals surface area contributed by atoms with Crippen LogP contribution in [0.5, 0.6) is 5.75 Å². The molecule has 0 saturated heterocycles. The number of nitrogens with zero attached hydrogens (tertiary/aromatic N) is 2. The first kappa shape index (κ1) is 19.1. The molecular formula is C20H18ClN3O2S. The molecule has 7 heteroatoms. The van der Waals surface area contributed by atoms with Gasteiger partial charge in [0.15, 0.2) is 0 Å². The van der Waals surface area contributed by atoms with Crippen LogP contribution in [0.15, 0.2) is 60.7 Å². The molecule has 0 spiro atoms. The van der Waals surface area contributed by atoms with E-state index in [0.717, 1.165) is 29.2 Å². The molecule has 2 aromatic carbocycles. The molecule has 1 aromatic heterocycles. The maximum absolute atomic E-state index is 12.0. The number of anilines is 1. The van der Waals surface area contributed by atoms with Crippen LogP contribution in [0.2, 0.25) is 5.02 Å². The Kier molecular flexibility index (Phi) is 6.96. The molecule has 5 nitrogen and oxygen atoms in total. The van der Waals surface area contributed by atoms with Crippen LogP contribution < -0.4 is 10.1 Å². The van der Waals surface area contributed by atoms with Crippen molar-refractivity contribution < 1.29 is 9.53 Å². The van der Waals surface area contributed by atoms with Gasteiger partial charge >= 0.3 is 0 Å². The van der Waals surface area contributed by atoms with E-state index >= 15 is 0 Å². The van der Waals surface area contributed by atoms with Crippen LogP contribution in [0.3, 0.4) is 0 Å². The Morgan fingerprint density at radius 3 is 2.67 bits per heavy atom. The summed E-state index contributed by atoms with van der Waals surface area (Å²) >= 11 is 7.21. The summed E-state index contributed by atoms with van der Waals surface area (Å²) in [5.74, 6) is 0.607. The SMILES string of the molecule is O=C(/C=C/c1ccc(Cl)cc1)Nc1nnc(CCCOc2ccccc2)s1. The Hall–Kier alpha value is -2.70. The zero-order chi connectivity index (χ0) is 18.9. The lowest BCUT2D eigenvalue weighted by Crippen LogP contribution is -2.07. The normalized spacial score (nSPS) is 10.9. The average molecular weight is 400 g/mol. The van der Waals surface area contributed by atoms with E-state index < -0.39 is 0 Å². The van der Waals surface area contributed by atoms with Crippen molar-refractivity contribution in [3.63, 3.8) is 0 Å². The predicted octanol–water partition coefficient (Wildman–Crippen LogP) is 4.86. The Labute approximate surface area is 166 Å². The molecule has 0 unspecified atom stereocenters. The van der Waals surface area contributed by atoms with E-state index in [0.29, 0.717) is 16.8 Å². The second-order valence-electron chi connectivity index (χ2n) is 5.64. The molecule has 1 heterocycles. The summed E-state index contributed by atoms with van der Waals surface area (Å²) < 4.78 is 5.65. The van der Waals surface area contributed by atoms with E-state index in [1.54, 1.807) is 18.2 Å². The summed E-state index contributed by atoms with van der Waals surface area (Å²) in [5.41, 5.74) is 0.894. The Bertz CT molecular complexity index is 895. The lowest BCUT2D eigenvalue weighted by molar-refractivity contribution is -0.111. The summed E-state index contributed by atoms with van der Waals surface area (Å²) in [6, 6.07) is 16.9. The number of carbonyl (C=O) groups is 1. The number of halogens is 1. The molecular weight excluding hydrogens is 382 g/mol. The molecule has 0 saturated carbocycles. The van der Waals surface area contributed by atoms with Gasteiger partial charge in [0.2, 0.25) is 11.0 Å². The van der Waals surface area contributed by atoms with Gasteiger partial charge in [-0.2, -0.15) is 0 Å². The maximum atomic E-state index is 12.0. The monoisotopic (exact) mass is 399 g/mol. The summed E-state index contributed by atoms with van der Waals surface area (Å²) in [6.45, 7) is 0.606. The number of nitrogens with one attached hydrogen (secondary N) is 1. The van der Waals surface area contributed by atoms with Crippen molar-refractivity contribution in [2.24, 2.45) is 0 Å². The number of hydrogen-bond donors (Lipinski definition) is 1. The van der Waals surface area contributed by atoms with E-state index in [4.69, 9.17) is 16.3 Å². The molecule has 0 aliphatic heterocycles. The summed E-state index contributed by atoms with van der Waals surface area (Å²) in [5, 5.41) is 12.8. The van der Waals surface area contributed by atoms with Gasteiger partial charge < -0.3 is 4.74 Å². The Morgan fingerprint density at radius 1 is 1.11 bits per heavy atom. The van der Waals surface area contributed by atoms with Crippen LogP contribution in [0.25, 0.3) is 6.08 Å². The maximum Gasteiger partial charge on any atom is 0.250 e. The van der Waals surface area contributed by atoms with Gasteiger partial charge in [-0.25, -0.2) is 0 Å². The van der Waals surface area contributed by atoms with Crippen molar-refractivity contribution in [3.05, 3.63) is 76.3 Å². The summed E-state index contributed by atoms with van der Waals surface area (Å²) in [7, 11) is 0. The first-order valence-electron chi connectivity index (χ1n) is 8.44. The number of amides is 1. The van der Waals surface area contributed by atoms with Crippen LogP contribution in [-0.4, -0.2) is 22.7 Å². The highest BCUT2D eigenvalue weighted by molar-refractivity contribution is 7.15. The highest BCUT2D eigenvalue weighted by Crippen LogP contribution is 2.17. The van der Waals surface area contributed by atoms with Crippen molar-refractivity contribution in [1.82, 2.24) is 10.2 Å². The molecule has 0 bridgehead atoms. The number of benzene rings is 2. The highest BCUT2D eigenvalue weighted by atomic mass is 35.5. The Morgan fingerprint density at radius 2 is 1.89 bits per heavy atom. The van der Waals surface area contributed by atoms with E-state index in [-0.39, 0.29) is 5.91 Å². The fourth-order valence-corrected chi connectivity index (χ4v) is 3.14. The lowest BCUT2D eigenvalue weighted by Gasteiger charge is -2.04. The number of aromatic nitrogens is 2. The fraction of sp³-hybridized carbons (Fsp3) is 0.150. The molecule has 1 N–H and O–H groups in total. The zero-order valence-electron chi connectivity index (χ0n) is 14.5. The van der Waals surface area contributed by atoms with Gasteiger partial charge in [-0.1, -0.05) is 53.3 Å². The highest BCUT2D eigenvalue weighted by Gasteiger charge is 2.06. The molecule has 3 aromatic rings. The van der Waals surface area contributed by atoms with Gasteiger partial charge in [-0.15, -0.1) is 10.2 Å². The minimum Gasteiger partial charge on any atom is -0.494 e. The molecule has 0 radical (unpaired) electrons. The second-order valence-corrected chi connectivity index (χ2v) is 7.14. The van der Waals surface area contributed by atoms with Gasteiger partial charge in [0.25, 0.3) is 0 Å². The number of hydrogen-bond acceptors (Lipinski definition) is 5. The quantitative estimate of drug-likeness (QED) is 0.434. The van der Waals surface area contributed by atoms with Crippen LogP contribution in [0.4, 0.5) is 5.13 Å². The van der Waals surface area contributed by atoms with E-state index in [9.17, 15) is 4.79 Å². The topological polar surface area (TPSA) is 64.1 Å². The number of rotatable bonds is 8. The smallest absolute Gasteiger partial charge is 0.250 e. The van der Waals surface area contributed by atoms with Crippen molar-refractivity contribution in [2.45, 2.75) is 12.8 Å². The number of carbonyl (C=O) groups excluding carboxylic acids is 1. The van der Waals surface area contributed by atoms with Crippen molar-refractivity contribution >= 4 is 40.1 Å². The van der Waals surface area contributed by atoms with E-state index in [2.05, 4.69) is 15.5 Å². The minimum absolute atomic E-state index is 0.250. The van der Waals surface area contributed by atoms with Gasteiger partial charge in [0, 0.05) is 17.5 Å². The minimum atomic E-state index is -0.250. The largest absolute Gasteiger partial charge is 0.494 e. The second kappa shape index (κ2) is 9.85. The third kappa shape index (κ3) is 6.51. The molecule has 0 aliphatic rings.